The summed E-state index contributed by atoms with van der Waals surface area (Å²) >= 11 is 0. The molecule has 0 amide bonds. The Hall–Kier alpha value is -0.900. The van der Waals surface area contributed by atoms with Crippen molar-refractivity contribution in [1.82, 2.24) is 15.1 Å². The van der Waals surface area contributed by atoms with Crippen molar-refractivity contribution in [2.45, 2.75) is 25.9 Å². The monoisotopic (exact) mass is 259 g/mol. The van der Waals surface area contributed by atoms with Crippen molar-refractivity contribution >= 4 is 0 Å². The van der Waals surface area contributed by atoms with Gasteiger partial charge >= 0.3 is 0 Å². The van der Waals surface area contributed by atoms with Crippen LogP contribution in [0, 0.1) is 13.8 Å². The smallest absolute Gasteiger partial charge is 0.0482 e. The highest BCUT2D eigenvalue weighted by Crippen LogP contribution is 2.31. The summed E-state index contributed by atoms with van der Waals surface area (Å²) in [5.74, 6) is 0. The highest BCUT2D eigenvalue weighted by atomic mass is 15.3. The third-order valence-corrected chi connectivity index (χ3v) is 4.60. The summed E-state index contributed by atoms with van der Waals surface area (Å²) < 4.78 is 0. The van der Waals surface area contributed by atoms with Gasteiger partial charge in [0.1, 0.15) is 0 Å². The third-order valence-electron chi connectivity index (χ3n) is 4.60. The van der Waals surface area contributed by atoms with Crippen molar-refractivity contribution < 1.29 is 0 Å². The third kappa shape index (κ3) is 2.55. The number of hydrogen-bond acceptors (Lipinski definition) is 3. The maximum absolute atomic E-state index is 3.53. The van der Waals surface area contributed by atoms with Crippen LogP contribution in [0.4, 0.5) is 0 Å². The summed E-state index contributed by atoms with van der Waals surface area (Å²) in [7, 11) is 2.25. The van der Waals surface area contributed by atoms with E-state index in [0.717, 1.165) is 19.6 Å². The van der Waals surface area contributed by atoms with Crippen molar-refractivity contribution in [3.63, 3.8) is 0 Å². The average Bonchev–Trinajstić information content (AvgIpc) is 2.40. The van der Waals surface area contributed by atoms with E-state index in [1.807, 2.05) is 0 Å². The van der Waals surface area contributed by atoms with Gasteiger partial charge in [-0.3, -0.25) is 4.90 Å². The molecule has 0 radical (unpaired) electrons. The fourth-order valence-corrected chi connectivity index (χ4v) is 3.59. The molecule has 1 aromatic carbocycles. The lowest BCUT2D eigenvalue weighted by atomic mass is 9.93. The standard InChI is InChI=1S/C16H25N3/c1-12-4-5-13(2)15(8-12)16-11-18(3)10-14-9-17-6-7-19(14)16/h4-5,8,14,16-17H,6-7,9-11H2,1-3H3. The second kappa shape index (κ2) is 5.23. The molecule has 1 N–H and O–H groups in total. The molecule has 2 saturated heterocycles. The molecule has 0 spiro atoms. The van der Waals surface area contributed by atoms with E-state index >= 15 is 0 Å². The number of nitrogens with one attached hydrogen (secondary N) is 1. The fourth-order valence-electron chi connectivity index (χ4n) is 3.59. The summed E-state index contributed by atoms with van der Waals surface area (Å²) in [5, 5.41) is 3.53. The average molecular weight is 259 g/mol. The molecule has 0 saturated carbocycles. The molecule has 1 aromatic rings. The summed E-state index contributed by atoms with van der Waals surface area (Å²) in [6, 6.07) is 8.11. The fraction of sp³-hybridized carbons (Fsp3) is 0.625. The van der Waals surface area contributed by atoms with E-state index in [2.05, 4.69) is 54.2 Å². The Labute approximate surface area is 116 Å². The predicted molar refractivity (Wildman–Crippen MR) is 79.5 cm³/mol. The second-order valence-corrected chi connectivity index (χ2v) is 6.19. The van der Waals surface area contributed by atoms with Crippen LogP contribution in [-0.2, 0) is 0 Å². The first kappa shape index (κ1) is 13.1. The Morgan fingerprint density at radius 3 is 2.89 bits per heavy atom. The van der Waals surface area contributed by atoms with Gasteiger partial charge in [-0.1, -0.05) is 23.8 Å². The minimum atomic E-state index is 0.561. The van der Waals surface area contributed by atoms with Crippen molar-refractivity contribution in [2.24, 2.45) is 0 Å². The molecular weight excluding hydrogens is 234 g/mol. The molecule has 3 rings (SSSR count). The highest BCUT2D eigenvalue weighted by molar-refractivity contribution is 5.34. The summed E-state index contributed by atoms with van der Waals surface area (Å²) in [5.41, 5.74) is 4.34. The van der Waals surface area contributed by atoms with Crippen LogP contribution < -0.4 is 5.32 Å². The molecule has 0 aliphatic carbocycles. The molecular formula is C16H25N3. The first-order valence-electron chi connectivity index (χ1n) is 7.37. The van der Waals surface area contributed by atoms with E-state index in [0.29, 0.717) is 12.1 Å². The number of fused-ring (bicyclic) bond motifs is 1. The van der Waals surface area contributed by atoms with Crippen LogP contribution in [0.5, 0.6) is 0 Å². The maximum atomic E-state index is 3.53. The van der Waals surface area contributed by atoms with Gasteiger partial charge < -0.3 is 10.2 Å². The minimum absolute atomic E-state index is 0.561. The normalized spacial score (nSPS) is 29.2. The van der Waals surface area contributed by atoms with E-state index < -0.39 is 0 Å². The minimum Gasteiger partial charge on any atom is -0.314 e. The Kier molecular flexibility index (Phi) is 3.61. The Morgan fingerprint density at radius 1 is 1.21 bits per heavy atom. The van der Waals surface area contributed by atoms with E-state index in [-0.39, 0.29) is 0 Å². The van der Waals surface area contributed by atoms with Crippen LogP contribution in [0.15, 0.2) is 18.2 Å². The first-order valence-corrected chi connectivity index (χ1v) is 7.37. The SMILES string of the molecule is Cc1ccc(C)c(C2CN(C)CC3CNCCN32)c1. The molecule has 2 heterocycles. The quantitative estimate of drug-likeness (QED) is 0.826. The first-order chi connectivity index (χ1) is 9.15. The van der Waals surface area contributed by atoms with Crippen LogP contribution in [0.3, 0.4) is 0 Å². The number of aryl methyl sites for hydroxylation is 2. The van der Waals surface area contributed by atoms with Gasteiger partial charge in [0, 0.05) is 44.8 Å². The number of nitrogens with zero attached hydrogens (tertiary/aromatic N) is 2. The second-order valence-electron chi connectivity index (χ2n) is 6.19. The Balaban J connectivity index is 1.94. The highest BCUT2D eigenvalue weighted by Gasteiger charge is 2.35. The van der Waals surface area contributed by atoms with E-state index in [1.54, 1.807) is 0 Å². The lowest BCUT2D eigenvalue weighted by Crippen LogP contribution is -2.61. The molecule has 2 unspecified atom stereocenters. The lowest BCUT2D eigenvalue weighted by molar-refractivity contribution is 0.0191. The molecule has 3 heteroatoms. The van der Waals surface area contributed by atoms with Crippen LogP contribution in [0.25, 0.3) is 0 Å². The summed E-state index contributed by atoms with van der Waals surface area (Å²) in [4.78, 5) is 5.21. The Bertz CT molecular complexity index is 457. The predicted octanol–water partition coefficient (Wildman–Crippen LogP) is 1.56. The van der Waals surface area contributed by atoms with E-state index in [1.165, 1.54) is 29.8 Å². The molecule has 0 aromatic heterocycles. The van der Waals surface area contributed by atoms with Crippen molar-refractivity contribution in [3.05, 3.63) is 34.9 Å². The van der Waals surface area contributed by atoms with Gasteiger partial charge in [0.15, 0.2) is 0 Å². The number of rotatable bonds is 1. The molecule has 2 aliphatic heterocycles. The van der Waals surface area contributed by atoms with Gasteiger partial charge in [-0.25, -0.2) is 0 Å². The van der Waals surface area contributed by atoms with Gasteiger partial charge in [0.25, 0.3) is 0 Å². The zero-order chi connectivity index (χ0) is 13.4. The van der Waals surface area contributed by atoms with Crippen molar-refractivity contribution in [2.75, 3.05) is 39.8 Å². The van der Waals surface area contributed by atoms with Gasteiger partial charge in [-0.2, -0.15) is 0 Å². The number of hydrogen-bond donors (Lipinski definition) is 1. The number of piperazine rings is 2. The number of likely N-dealkylation sites (N-methyl/N-ethyl adjacent to an activating group) is 1. The van der Waals surface area contributed by atoms with E-state index in [9.17, 15) is 0 Å². The van der Waals surface area contributed by atoms with Crippen LogP contribution in [0.2, 0.25) is 0 Å². The largest absolute Gasteiger partial charge is 0.314 e. The zero-order valence-electron chi connectivity index (χ0n) is 12.3. The molecule has 3 nitrogen and oxygen atoms in total. The maximum Gasteiger partial charge on any atom is 0.0482 e. The van der Waals surface area contributed by atoms with Crippen LogP contribution in [-0.4, -0.2) is 55.6 Å². The molecule has 19 heavy (non-hydrogen) atoms. The molecule has 2 aliphatic rings. The lowest BCUT2D eigenvalue weighted by Gasteiger charge is -2.49. The molecule has 2 fully saturated rings. The topological polar surface area (TPSA) is 18.5 Å². The van der Waals surface area contributed by atoms with Crippen molar-refractivity contribution in [3.8, 4) is 0 Å². The molecule has 0 bridgehead atoms. The molecule has 2 atom stereocenters. The van der Waals surface area contributed by atoms with Crippen molar-refractivity contribution in [1.29, 1.82) is 0 Å². The van der Waals surface area contributed by atoms with Gasteiger partial charge in [-0.15, -0.1) is 0 Å². The van der Waals surface area contributed by atoms with Crippen LogP contribution >= 0.6 is 0 Å². The summed E-state index contributed by atoms with van der Waals surface area (Å²) in [6.45, 7) is 10.2. The Morgan fingerprint density at radius 2 is 2.05 bits per heavy atom. The van der Waals surface area contributed by atoms with Gasteiger partial charge in [0.05, 0.1) is 0 Å². The number of benzene rings is 1. The summed E-state index contributed by atoms with van der Waals surface area (Å²) in [6.07, 6.45) is 0. The molecule has 104 valence electrons. The van der Waals surface area contributed by atoms with Crippen LogP contribution in [0.1, 0.15) is 22.7 Å². The zero-order valence-corrected chi connectivity index (χ0v) is 12.3. The van der Waals surface area contributed by atoms with E-state index in [4.69, 9.17) is 0 Å². The van der Waals surface area contributed by atoms with Gasteiger partial charge in [0.2, 0.25) is 0 Å². The van der Waals surface area contributed by atoms with Gasteiger partial charge in [-0.05, 0) is 32.0 Å².